The summed E-state index contributed by atoms with van der Waals surface area (Å²) in [6.45, 7) is 0. The number of rotatable bonds is 5. The van der Waals surface area contributed by atoms with E-state index < -0.39 is 11.8 Å². The van der Waals surface area contributed by atoms with Gasteiger partial charge in [0.1, 0.15) is 11.6 Å². The van der Waals surface area contributed by atoms with E-state index in [0.717, 1.165) is 5.01 Å². The lowest BCUT2D eigenvalue weighted by molar-refractivity contribution is -0.126. The first-order valence-corrected chi connectivity index (χ1v) is 10.2. The fourth-order valence-corrected chi connectivity index (χ4v) is 3.06. The van der Waals surface area contributed by atoms with Crippen LogP contribution in [0, 0.1) is 0 Å². The van der Waals surface area contributed by atoms with Gasteiger partial charge in [-0.3, -0.25) is 25.3 Å². The smallest absolute Gasteiger partial charge is 0.281 e. The molecule has 1 aliphatic rings. The largest absolute Gasteiger partial charge is 0.508 e. The topological polar surface area (TPSA) is 170 Å². The number of phenols is 1. The summed E-state index contributed by atoms with van der Waals surface area (Å²) in [6, 6.07) is 9.59. The lowest BCUT2D eigenvalue weighted by Crippen LogP contribution is -2.41. The van der Waals surface area contributed by atoms with Crippen LogP contribution in [0.25, 0.3) is 0 Å². The van der Waals surface area contributed by atoms with Gasteiger partial charge in [-0.2, -0.15) is 20.0 Å². The van der Waals surface area contributed by atoms with Crippen LogP contribution in [0.4, 0.5) is 23.5 Å². The first-order chi connectivity index (χ1) is 16.4. The van der Waals surface area contributed by atoms with Crippen LogP contribution < -0.4 is 21.4 Å². The summed E-state index contributed by atoms with van der Waals surface area (Å²) < 4.78 is 0. The molecule has 0 radical (unpaired) electrons. The van der Waals surface area contributed by atoms with Crippen molar-refractivity contribution in [1.82, 2.24) is 30.4 Å². The van der Waals surface area contributed by atoms with Gasteiger partial charge in [0.2, 0.25) is 23.0 Å². The van der Waals surface area contributed by atoms with Gasteiger partial charge in [-0.15, -0.1) is 0 Å². The van der Waals surface area contributed by atoms with Gasteiger partial charge in [0, 0.05) is 31.2 Å². The number of anilines is 4. The first kappa shape index (κ1) is 22.5. The Hall–Kier alpha value is -4.72. The van der Waals surface area contributed by atoms with E-state index in [2.05, 4.69) is 46.3 Å². The molecule has 0 spiro atoms. The number of nitrogens with zero attached hydrogens (tertiary/aromatic N) is 6. The van der Waals surface area contributed by atoms with Crippen molar-refractivity contribution in [3.05, 3.63) is 54.4 Å². The molecule has 4 rings (SSSR count). The van der Waals surface area contributed by atoms with E-state index in [1.165, 1.54) is 24.5 Å². The summed E-state index contributed by atoms with van der Waals surface area (Å²) in [5.41, 5.74) is 3.47. The van der Waals surface area contributed by atoms with Crippen LogP contribution in [0.5, 0.6) is 5.75 Å². The Morgan fingerprint density at radius 1 is 1.18 bits per heavy atom. The lowest BCUT2D eigenvalue weighted by Gasteiger charge is -2.13. The Bertz CT molecular complexity index is 1280. The van der Waals surface area contributed by atoms with Crippen molar-refractivity contribution in [2.24, 2.45) is 4.99 Å². The zero-order valence-corrected chi connectivity index (χ0v) is 18.5. The SMILES string of the molecule is CNc1nc(NC(=S)/N=C2\CC(=O)N(C(=O)c3cccnc3)N2)nc(Nc2cccc(O)c2)n1. The molecule has 13 nitrogen and oxygen atoms in total. The molecule has 5 N–H and O–H groups in total. The summed E-state index contributed by atoms with van der Waals surface area (Å²) in [5.74, 6) is -0.252. The minimum absolute atomic E-state index is 0.0393. The molecule has 0 aliphatic carbocycles. The Morgan fingerprint density at radius 3 is 2.71 bits per heavy atom. The third kappa shape index (κ3) is 5.36. The summed E-state index contributed by atoms with van der Waals surface area (Å²) in [5, 5.41) is 19.0. The Balaban J connectivity index is 1.46. The number of nitrogens with one attached hydrogen (secondary N) is 4. The number of imide groups is 1. The van der Waals surface area contributed by atoms with Gasteiger partial charge >= 0.3 is 0 Å². The fraction of sp³-hybridized carbons (Fsp3) is 0.100. The number of benzene rings is 1. The molecule has 0 saturated carbocycles. The van der Waals surface area contributed by atoms with E-state index >= 15 is 0 Å². The molecule has 2 amide bonds. The highest BCUT2D eigenvalue weighted by Gasteiger charge is 2.32. The van der Waals surface area contributed by atoms with E-state index in [1.807, 2.05) is 0 Å². The molecule has 1 fully saturated rings. The summed E-state index contributed by atoms with van der Waals surface area (Å²) in [6.07, 6.45) is 2.75. The van der Waals surface area contributed by atoms with E-state index in [9.17, 15) is 14.7 Å². The van der Waals surface area contributed by atoms with Crippen molar-refractivity contribution in [2.75, 3.05) is 23.0 Å². The van der Waals surface area contributed by atoms with E-state index in [1.54, 1.807) is 31.3 Å². The fourth-order valence-electron chi connectivity index (χ4n) is 2.86. The monoisotopic (exact) mass is 478 g/mol. The molecule has 1 aromatic carbocycles. The van der Waals surface area contributed by atoms with E-state index in [-0.39, 0.29) is 46.5 Å². The maximum absolute atomic E-state index is 12.5. The molecule has 3 heterocycles. The van der Waals surface area contributed by atoms with Crippen molar-refractivity contribution in [1.29, 1.82) is 0 Å². The molecule has 14 heteroatoms. The van der Waals surface area contributed by atoms with Gasteiger partial charge < -0.3 is 15.7 Å². The highest BCUT2D eigenvalue weighted by Crippen LogP contribution is 2.20. The second-order valence-electron chi connectivity index (χ2n) is 6.78. The highest BCUT2D eigenvalue weighted by atomic mass is 32.1. The van der Waals surface area contributed by atoms with Crippen molar-refractivity contribution in [3.8, 4) is 5.75 Å². The van der Waals surface area contributed by atoms with E-state index in [4.69, 9.17) is 12.2 Å². The zero-order valence-electron chi connectivity index (χ0n) is 17.7. The third-order valence-electron chi connectivity index (χ3n) is 4.34. The van der Waals surface area contributed by atoms with Gasteiger partial charge in [-0.25, -0.2) is 4.99 Å². The van der Waals surface area contributed by atoms with Crippen LogP contribution in [-0.4, -0.2) is 59.9 Å². The van der Waals surface area contributed by atoms with Gasteiger partial charge in [0.05, 0.1) is 12.0 Å². The van der Waals surface area contributed by atoms with Crippen LogP contribution in [0.2, 0.25) is 0 Å². The number of amidine groups is 1. The number of carbonyl (C=O) groups is 2. The predicted molar refractivity (Wildman–Crippen MR) is 128 cm³/mol. The number of aromatic nitrogens is 4. The van der Waals surface area contributed by atoms with Crippen LogP contribution in [0.3, 0.4) is 0 Å². The van der Waals surface area contributed by atoms with Gasteiger partial charge in [-0.1, -0.05) is 6.07 Å². The maximum Gasteiger partial charge on any atom is 0.281 e. The van der Waals surface area contributed by atoms with Crippen LogP contribution in [0.1, 0.15) is 16.8 Å². The Labute approximate surface area is 198 Å². The van der Waals surface area contributed by atoms with Crippen molar-refractivity contribution < 1.29 is 14.7 Å². The number of aliphatic imine (C=N–C) groups is 1. The number of aromatic hydroxyl groups is 1. The first-order valence-electron chi connectivity index (χ1n) is 9.83. The number of carbonyl (C=O) groups excluding carboxylic acids is 2. The van der Waals surface area contributed by atoms with Crippen molar-refractivity contribution in [3.63, 3.8) is 0 Å². The summed E-state index contributed by atoms with van der Waals surface area (Å²) in [7, 11) is 1.64. The standard InChI is InChI=1S/C20H18N10O3S/c1-21-17-25-18(23-12-5-2-6-13(31)8-12)27-19(26-17)28-20(34)24-14-9-15(32)30(29-14)16(33)11-4-3-7-22-10-11/h2-8,10,31H,9H2,1H3,(H4,21,23,24,25,26,27,28,29,34). The predicted octanol–water partition coefficient (Wildman–Crippen LogP) is 1.43. The van der Waals surface area contributed by atoms with Gasteiger partial charge in [0.15, 0.2) is 0 Å². The average molecular weight is 478 g/mol. The summed E-state index contributed by atoms with van der Waals surface area (Å²) >= 11 is 5.24. The number of hydrazine groups is 1. The molecular formula is C20H18N10O3S. The molecule has 34 heavy (non-hydrogen) atoms. The van der Waals surface area contributed by atoms with Crippen molar-refractivity contribution in [2.45, 2.75) is 6.42 Å². The number of hydrogen-bond acceptors (Lipinski definition) is 10. The van der Waals surface area contributed by atoms with Crippen LogP contribution in [-0.2, 0) is 4.79 Å². The normalized spacial score (nSPS) is 14.0. The van der Waals surface area contributed by atoms with Crippen molar-refractivity contribution >= 4 is 58.5 Å². The minimum Gasteiger partial charge on any atom is -0.508 e. The van der Waals surface area contributed by atoms with Crippen LogP contribution >= 0.6 is 12.2 Å². The number of phenolic OH excluding ortho intramolecular Hbond substituents is 1. The molecule has 3 aromatic rings. The lowest BCUT2D eigenvalue weighted by atomic mass is 10.2. The Morgan fingerprint density at radius 2 is 1.97 bits per heavy atom. The second kappa shape index (κ2) is 9.83. The third-order valence-corrected chi connectivity index (χ3v) is 4.53. The number of thiocarbonyl (C=S) groups is 1. The zero-order chi connectivity index (χ0) is 24.1. The molecule has 0 bridgehead atoms. The second-order valence-corrected chi connectivity index (χ2v) is 7.17. The molecule has 1 aliphatic heterocycles. The number of hydrogen-bond donors (Lipinski definition) is 5. The molecule has 0 atom stereocenters. The van der Waals surface area contributed by atoms with Gasteiger partial charge in [-0.05, 0) is 36.5 Å². The molecule has 172 valence electrons. The summed E-state index contributed by atoms with van der Waals surface area (Å²) in [4.78, 5) is 45.4. The quantitative estimate of drug-likeness (QED) is 0.264. The Kier molecular flexibility index (Phi) is 6.49. The average Bonchev–Trinajstić information content (AvgIpc) is 3.18. The minimum atomic E-state index is -0.555. The molecule has 1 saturated heterocycles. The molecule has 2 aromatic heterocycles. The number of pyridine rings is 1. The maximum atomic E-state index is 12.5. The molecular weight excluding hydrogens is 460 g/mol. The molecule has 0 unspecified atom stereocenters. The highest BCUT2D eigenvalue weighted by molar-refractivity contribution is 7.80. The van der Waals surface area contributed by atoms with Crippen LogP contribution in [0.15, 0.2) is 53.8 Å². The number of amides is 2. The van der Waals surface area contributed by atoms with Gasteiger partial charge in [0.25, 0.3) is 11.8 Å². The van der Waals surface area contributed by atoms with E-state index in [0.29, 0.717) is 5.69 Å².